The van der Waals surface area contributed by atoms with Crippen LogP contribution in [0.1, 0.15) is 16.8 Å². The summed E-state index contributed by atoms with van der Waals surface area (Å²) in [6.07, 6.45) is 2.30. The standard InChI is InChI=1S/C21H17N3O/c25-21-19(14-15-8-2-1-3-9-15)23-20(18-12-6-7-13-22-18)16-10-4-5-11-17(16)24-21/h1-13,19H,14H2,(H,24,25)/t19-/m0/s1. The van der Waals surface area contributed by atoms with Gasteiger partial charge in [0.15, 0.2) is 0 Å². The van der Waals surface area contributed by atoms with E-state index in [2.05, 4.69) is 10.3 Å². The van der Waals surface area contributed by atoms with E-state index in [4.69, 9.17) is 4.99 Å². The minimum Gasteiger partial charge on any atom is -0.324 e. The van der Waals surface area contributed by atoms with Crippen LogP contribution in [0.5, 0.6) is 0 Å². The first kappa shape index (κ1) is 15.3. The van der Waals surface area contributed by atoms with Crippen LogP contribution in [-0.4, -0.2) is 22.6 Å². The minimum atomic E-state index is -0.494. The molecule has 0 radical (unpaired) electrons. The molecular weight excluding hydrogens is 310 g/mol. The lowest BCUT2D eigenvalue weighted by Gasteiger charge is -2.11. The van der Waals surface area contributed by atoms with E-state index in [1.807, 2.05) is 72.8 Å². The van der Waals surface area contributed by atoms with Gasteiger partial charge in [0.25, 0.3) is 0 Å². The first-order chi connectivity index (χ1) is 12.3. The van der Waals surface area contributed by atoms with E-state index < -0.39 is 6.04 Å². The van der Waals surface area contributed by atoms with Crippen molar-refractivity contribution in [2.24, 2.45) is 4.99 Å². The lowest BCUT2D eigenvalue weighted by Crippen LogP contribution is -2.27. The summed E-state index contributed by atoms with van der Waals surface area (Å²) in [5.41, 5.74) is 4.26. The molecule has 1 aliphatic rings. The summed E-state index contributed by atoms with van der Waals surface area (Å²) in [4.78, 5) is 22.0. The highest BCUT2D eigenvalue weighted by atomic mass is 16.2. The third-order valence-electron chi connectivity index (χ3n) is 4.21. The van der Waals surface area contributed by atoms with Crippen LogP contribution in [0.3, 0.4) is 0 Å². The molecule has 0 aliphatic carbocycles. The number of para-hydroxylation sites is 1. The maximum absolute atomic E-state index is 12.7. The molecule has 1 atom stereocenters. The molecule has 2 aromatic carbocycles. The van der Waals surface area contributed by atoms with Gasteiger partial charge >= 0.3 is 0 Å². The summed E-state index contributed by atoms with van der Waals surface area (Å²) in [5, 5.41) is 3.01. The molecule has 4 nitrogen and oxygen atoms in total. The second-order valence-electron chi connectivity index (χ2n) is 5.93. The number of carbonyl (C=O) groups excluding carboxylic acids is 1. The van der Waals surface area contributed by atoms with Crippen molar-refractivity contribution < 1.29 is 4.79 Å². The molecule has 4 rings (SSSR count). The van der Waals surface area contributed by atoms with Crippen LogP contribution in [0.25, 0.3) is 0 Å². The molecule has 0 saturated heterocycles. The molecule has 0 bridgehead atoms. The van der Waals surface area contributed by atoms with Gasteiger partial charge in [-0.1, -0.05) is 54.6 Å². The van der Waals surface area contributed by atoms with Crippen molar-refractivity contribution in [3.05, 3.63) is 95.8 Å². The Morgan fingerprint density at radius 1 is 0.880 bits per heavy atom. The fourth-order valence-electron chi connectivity index (χ4n) is 2.98. The predicted molar refractivity (Wildman–Crippen MR) is 98.9 cm³/mol. The number of benzodiazepines with no additional fused rings is 1. The smallest absolute Gasteiger partial charge is 0.249 e. The van der Waals surface area contributed by atoms with Gasteiger partial charge < -0.3 is 5.32 Å². The highest BCUT2D eigenvalue weighted by Crippen LogP contribution is 2.24. The van der Waals surface area contributed by atoms with Gasteiger partial charge in [-0.3, -0.25) is 14.8 Å². The number of fused-ring (bicyclic) bond motifs is 1. The Labute approximate surface area is 146 Å². The van der Waals surface area contributed by atoms with Crippen LogP contribution in [0, 0.1) is 0 Å². The molecule has 3 aromatic rings. The fourth-order valence-corrected chi connectivity index (χ4v) is 2.98. The molecule has 1 amide bonds. The number of nitrogens with zero attached hydrogens (tertiary/aromatic N) is 2. The zero-order chi connectivity index (χ0) is 17.1. The minimum absolute atomic E-state index is 0.0952. The molecule has 1 aromatic heterocycles. The van der Waals surface area contributed by atoms with Crippen LogP contribution in [0.4, 0.5) is 5.69 Å². The highest BCUT2D eigenvalue weighted by molar-refractivity contribution is 6.18. The van der Waals surface area contributed by atoms with E-state index in [0.29, 0.717) is 6.42 Å². The Kier molecular flexibility index (Phi) is 4.09. The Morgan fingerprint density at radius 3 is 2.44 bits per heavy atom. The van der Waals surface area contributed by atoms with Crippen molar-refractivity contribution in [2.75, 3.05) is 5.32 Å². The largest absolute Gasteiger partial charge is 0.324 e. The number of benzene rings is 2. The monoisotopic (exact) mass is 327 g/mol. The number of aromatic nitrogens is 1. The average molecular weight is 327 g/mol. The van der Waals surface area contributed by atoms with Crippen molar-refractivity contribution in [1.82, 2.24) is 4.98 Å². The van der Waals surface area contributed by atoms with E-state index >= 15 is 0 Å². The van der Waals surface area contributed by atoms with Crippen molar-refractivity contribution in [3.63, 3.8) is 0 Å². The first-order valence-corrected chi connectivity index (χ1v) is 8.24. The topological polar surface area (TPSA) is 54.4 Å². The number of rotatable bonds is 3. The van der Waals surface area contributed by atoms with Crippen molar-refractivity contribution in [2.45, 2.75) is 12.5 Å². The molecule has 0 saturated carbocycles. The lowest BCUT2D eigenvalue weighted by atomic mass is 10.0. The van der Waals surface area contributed by atoms with E-state index in [0.717, 1.165) is 28.2 Å². The van der Waals surface area contributed by atoms with Gasteiger partial charge in [-0.15, -0.1) is 0 Å². The number of anilines is 1. The van der Waals surface area contributed by atoms with Gasteiger partial charge in [0, 0.05) is 18.2 Å². The summed E-state index contributed by atoms with van der Waals surface area (Å²) >= 11 is 0. The number of nitrogens with one attached hydrogen (secondary N) is 1. The molecule has 1 N–H and O–H groups in total. The number of hydrogen-bond donors (Lipinski definition) is 1. The summed E-state index contributed by atoms with van der Waals surface area (Å²) in [5.74, 6) is -0.0952. The Bertz CT molecular complexity index is 920. The lowest BCUT2D eigenvalue weighted by molar-refractivity contribution is -0.117. The normalized spacial score (nSPS) is 16.4. The molecule has 4 heteroatoms. The summed E-state index contributed by atoms with van der Waals surface area (Å²) in [6, 6.07) is 22.9. The molecule has 0 fully saturated rings. The number of pyridine rings is 1. The average Bonchev–Trinajstić information content (AvgIpc) is 2.80. The van der Waals surface area contributed by atoms with Gasteiger partial charge in [-0.25, -0.2) is 0 Å². The predicted octanol–water partition coefficient (Wildman–Crippen LogP) is 3.48. The highest BCUT2D eigenvalue weighted by Gasteiger charge is 2.26. The molecule has 122 valence electrons. The third kappa shape index (κ3) is 3.19. The van der Waals surface area contributed by atoms with Gasteiger partial charge in [0.1, 0.15) is 6.04 Å². The fraction of sp³-hybridized carbons (Fsp3) is 0.0952. The summed E-state index contributed by atoms with van der Waals surface area (Å²) in [7, 11) is 0. The SMILES string of the molecule is O=C1Nc2ccccc2C(c2ccccn2)=N[C@H]1Cc1ccccc1. The van der Waals surface area contributed by atoms with Crippen LogP contribution < -0.4 is 5.32 Å². The molecule has 25 heavy (non-hydrogen) atoms. The van der Waals surface area contributed by atoms with E-state index in [-0.39, 0.29) is 5.91 Å². The number of hydrogen-bond acceptors (Lipinski definition) is 3. The van der Waals surface area contributed by atoms with Crippen molar-refractivity contribution in [1.29, 1.82) is 0 Å². The third-order valence-corrected chi connectivity index (χ3v) is 4.21. The van der Waals surface area contributed by atoms with E-state index in [1.54, 1.807) is 6.20 Å². The van der Waals surface area contributed by atoms with Gasteiger partial charge in [0.05, 0.1) is 17.1 Å². The molecule has 1 aliphatic heterocycles. The van der Waals surface area contributed by atoms with Gasteiger partial charge in [-0.2, -0.15) is 0 Å². The molecular formula is C21H17N3O. The molecule has 2 heterocycles. The summed E-state index contributed by atoms with van der Waals surface area (Å²) < 4.78 is 0. The summed E-state index contributed by atoms with van der Waals surface area (Å²) in [6.45, 7) is 0. The van der Waals surface area contributed by atoms with Crippen molar-refractivity contribution in [3.8, 4) is 0 Å². The van der Waals surface area contributed by atoms with Crippen LogP contribution in [0.15, 0.2) is 84.0 Å². The Hall–Kier alpha value is -3.27. The number of amides is 1. The maximum atomic E-state index is 12.7. The van der Waals surface area contributed by atoms with E-state index in [1.165, 1.54) is 0 Å². The van der Waals surface area contributed by atoms with Crippen LogP contribution in [0.2, 0.25) is 0 Å². The number of carbonyl (C=O) groups is 1. The zero-order valence-corrected chi connectivity index (χ0v) is 13.6. The second kappa shape index (κ2) is 6.69. The zero-order valence-electron chi connectivity index (χ0n) is 13.6. The second-order valence-corrected chi connectivity index (χ2v) is 5.93. The van der Waals surface area contributed by atoms with Gasteiger partial charge in [-0.05, 0) is 23.8 Å². The first-order valence-electron chi connectivity index (χ1n) is 8.24. The van der Waals surface area contributed by atoms with Crippen LogP contribution >= 0.6 is 0 Å². The van der Waals surface area contributed by atoms with E-state index in [9.17, 15) is 4.79 Å². The Balaban J connectivity index is 1.80. The Morgan fingerprint density at radius 2 is 1.64 bits per heavy atom. The number of aliphatic imine (C=N–C) groups is 1. The molecule has 0 unspecified atom stereocenters. The molecule has 0 spiro atoms. The quantitative estimate of drug-likeness (QED) is 0.801. The van der Waals surface area contributed by atoms with Crippen LogP contribution in [-0.2, 0) is 11.2 Å². The van der Waals surface area contributed by atoms with Gasteiger partial charge in [0.2, 0.25) is 5.91 Å². The van der Waals surface area contributed by atoms with Crippen molar-refractivity contribution >= 4 is 17.3 Å². The maximum Gasteiger partial charge on any atom is 0.249 e.